The lowest BCUT2D eigenvalue weighted by atomic mass is 10.0. The summed E-state index contributed by atoms with van der Waals surface area (Å²) in [6.07, 6.45) is 1.58. The van der Waals surface area contributed by atoms with Crippen molar-refractivity contribution in [1.82, 2.24) is 9.80 Å². The van der Waals surface area contributed by atoms with Crippen molar-refractivity contribution in [2.45, 2.75) is 25.8 Å². The van der Waals surface area contributed by atoms with Crippen LogP contribution in [-0.2, 0) is 9.59 Å². The predicted octanol–water partition coefficient (Wildman–Crippen LogP) is 1.83. The average molecular weight is 401 g/mol. The Morgan fingerprint density at radius 3 is 2.52 bits per heavy atom. The Morgan fingerprint density at radius 2 is 1.96 bits per heavy atom. The molecule has 0 saturated carbocycles. The Kier molecular flexibility index (Phi) is 9.13. The molecule has 0 atom stereocenters. The van der Waals surface area contributed by atoms with Gasteiger partial charge in [0.1, 0.15) is 5.69 Å². The van der Waals surface area contributed by atoms with E-state index in [0.717, 1.165) is 12.8 Å². The van der Waals surface area contributed by atoms with Crippen molar-refractivity contribution < 1.29 is 19.6 Å². The van der Waals surface area contributed by atoms with Crippen LogP contribution in [0.4, 0.5) is 11.4 Å². The Labute approximate surface area is 163 Å². The topological polar surface area (TPSA) is 116 Å². The van der Waals surface area contributed by atoms with Crippen LogP contribution in [-0.4, -0.2) is 70.5 Å². The van der Waals surface area contributed by atoms with Gasteiger partial charge >= 0.3 is 5.97 Å². The van der Waals surface area contributed by atoms with Gasteiger partial charge in [0, 0.05) is 25.2 Å². The van der Waals surface area contributed by atoms with Gasteiger partial charge in [0.2, 0.25) is 5.91 Å². The number of nitro benzene ring substituents is 1. The smallest absolute Gasteiger partial charge is 0.317 e. The predicted molar refractivity (Wildman–Crippen MR) is 103 cm³/mol. The molecule has 0 aliphatic carbocycles. The molecule has 0 bridgehead atoms. The van der Waals surface area contributed by atoms with E-state index in [1.807, 2.05) is 16.7 Å². The van der Waals surface area contributed by atoms with Crippen LogP contribution >= 0.6 is 12.4 Å². The fourth-order valence-electron chi connectivity index (χ4n) is 3.25. The number of nitro groups is 1. The van der Waals surface area contributed by atoms with Crippen LogP contribution in [0.15, 0.2) is 24.3 Å². The summed E-state index contributed by atoms with van der Waals surface area (Å²) < 4.78 is 0. The third-order valence-electron chi connectivity index (χ3n) is 4.56. The van der Waals surface area contributed by atoms with Crippen LogP contribution in [0.5, 0.6) is 0 Å². The molecule has 27 heavy (non-hydrogen) atoms. The number of hydrogen-bond donors (Lipinski definition) is 2. The molecule has 10 heteroatoms. The number of halogens is 1. The lowest BCUT2D eigenvalue weighted by Gasteiger charge is -2.37. The Morgan fingerprint density at radius 1 is 1.33 bits per heavy atom. The van der Waals surface area contributed by atoms with Gasteiger partial charge in [-0.2, -0.15) is 0 Å². The molecule has 0 spiro atoms. The number of nitrogens with one attached hydrogen (secondary N) is 1. The van der Waals surface area contributed by atoms with Crippen molar-refractivity contribution in [3.63, 3.8) is 0 Å². The molecule has 150 valence electrons. The summed E-state index contributed by atoms with van der Waals surface area (Å²) >= 11 is 0. The van der Waals surface area contributed by atoms with Crippen molar-refractivity contribution in [2.24, 2.45) is 0 Å². The van der Waals surface area contributed by atoms with Crippen molar-refractivity contribution in [3.05, 3.63) is 34.4 Å². The monoisotopic (exact) mass is 400 g/mol. The van der Waals surface area contributed by atoms with E-state index >= 15 is 0 Å². The number of hydrogen-bond acceptors (Lipinski definition) is 6. The number of nitrogens with zero attached hydrogens (tertiary/aromatic N) is 3. The summed E-state index contributed by atoms with van der Waals surface area (Å²) in [5.74, 6) is -1.13. The molecule has 1 aliphatic rings. The number of anilines is 1. The maximum absolute atomic E-state index is 12.2. The van der Waals surface area contributed by atoms with Crippen LogP contribution in [0.1, 0.15) is 19.8 Å². The van der Waals surface area contributed by atoms with Crippen molar-refractivity contribution >= 4 is 35.7 Å². The van der Waals surface area contributed by atoms with E-state index in [1.165, 1.54) is 12.1 Å². The molecule has 1 aliphatic heterocycles. The highest BCUT2D eigenvalue weighted by Gasteiger charge is 2.26. The van der Waals surface area contributed by atoms with Crippen LogP contribution in [0.2, 0.25) is 0 Å². The first-order chi connectivity index (χ1) is 12.4. The molecule has 1 aromatic carbocycles. The molecular weight excluding hydrogens is 376 g/mol. The highest BCUT2D eigenvalue weighted by Crippen LogP contribution is 2.23. The summed E-state index contributed by atoms with van der Waals surface area (Å²) in [6, 6.07) is 6.24. The standard InChI is InChI=1S/C17H24N4O5.ClH/c1-2-20(12-17(23)24)13-7-9-19(10-8-13)11-16(22)18-14-5-3-4-6-15(14)21(25)26;/h3-6,13H,2,7-12H2,1H3,(H,18,22)(H,23,24);1H. The first-order valence-electron chi connectivity index (χ1n) is 8.62. The van der Waals surface area contributed by atoms with Crippen LogP contribution in [0.25, 0.3) is 0 Å². The molecule has 9 nitrogen and oxygen atoms in total. The van der Waals surface area contributed by atoms with E-state index in [9.17, 15) is 19.7 Å². The Balaban J connectivity index is 0.00000364. The van der Waals surface area contributed by atoms with Gasteiger partial charge in [0.05, 0.1) is 18.0 Å². The molecule has 2 rings (SSSR count). The zero-order valence-corrected chi connectivity index (χ0v) is 16.0. The molecule has 2 N–H and O–H groups in total. The number of aliphatic carboxylic acids is 1. The number of carbonyl (C=O) groups is 2. The number of carbonyl (C=O) groups excluding carboxylic acids is 1. The number of carboxylic acids is 1. The van der Waals surface area contributed by atoms with Crippen molar-refractivity contribution in [3.8, 4) is 0 Å². The molecule has 1 saturated heterocycles. The number of benzene rings is 1. The first kappa shape index (κ1) is 22.8. The van der Waals surface area contributed by atoms with E-state index in [-0.39, 0.29) is 48.8 Å². The second-order valence-electron chi connectivity index (χ2n) is 6.29. The summed E-state index contributed by atoms with van der Waals surface area (Å²) in [4.78, 5) is 37.5. The number of carboxylic acid groups (broad SMARTS) is 1. The van der Waals surface area contributed by atoms with Gasteiger partial charge in [0.25, 0.3) is 5.69 Å². The zero-order valence-electron chi connectivity index (χ0n) is 15.2. The molecule has 1 aromatic rings. The van der Waals surface area contributed by atoms with Crippen LogP contribution in [0, 0.1) is 10.1 Å². The second kappa shape index (κ2) is 10.8. The fraction of sp³-hybridized carbons (Fsp3) is 0.529. The summed E-state index contributed by atoms with van der Waals surface area (Å²) in [6.45, 7) is 4.17. The largest absolute Gasteiger partial charge is 0.480 e. The minimum absolute atomic E-state index is 0. The first-order valence-corrected chi connectivity index (χ1v) is 8.62. The minimum Gasteiger partial charge on any atom is -0.480 e. The summed E-state index contributed by atoms with van der Waals surface area (Å²) in [7, 11) is 0. The molecule has 1 amide bonds. The highest BCUT2D eigenvalue weighted by atomic mass is 35.5. The van der Waals surface area contributed by atoms with Gasteiger partial charge in [0.15, 0.2) is 0 Å². The quantitative estimate of drug-likeness (QED) is 0.505. The van der Waals surface area contributed by atoms with E-state index in [4.69, 9.17) is 5.11 Å². The maximum atomic E-state index is 12.2. The third kappa shape index (κ3) is 6.78. The Bertz CT molecular complexity index is 664. The van der Waals surface area contributed by atoms with Crippen molar-refractivity contribution in [2.75, 3.05) is 38.0 Å². The number of likely N-dealkylation sites (tertiary alicyclic amines) is 1. The van der Waals surface area contributed by atoms with Gasteiger partial charge in [-0.25, -0.2) is 0 Å². The Hall–Kier alpha value is -2.23. The number of likely N-dealkylation sites (N-methyl/N-ethyl adjacent to an activating group) is 1. The van der Waals surface area contributed by atoms with E-state index < -0.39 is 10.9 Å². The summed E-state index contributed by atoms with van der Waals surface area (Å²) in [5, 5.41) is 22.6. The number of amides is 1. The average Bonchev–Trinajstić information content (AvgIpc) is 2.60. The lowest BCUT2D eigenvalue weighted by molar-refractivity contribution is -0.383. The molecular formula is C17H25ClN4O5. The normalized spacial score (nSPS) is 15.2. The lowest BCUT2D eigenvalue weighted by Crippen LogP contribution is -2.48. The number of piperidine rings is 1. The zero-order chi connectivity index (χ0) is 19.1. The fourth-order valence-corrected chi connectivity index (χ4v) is 3.25. The minimum atomic E-state index is -0.835. The SMILES string of the molecule is CCN(CC(=O)O)C1CCN(CC(=O)Nc2ccccc2[N+](=O)[O-])CC1.Cl. The summed E-state index contributed by atoms with van der Waals surface area (Å²) in [5.41, 5.74) is 0.0582. The maximum Gasteiger partial charge on any atom is 0.317 e. The molecule has 0 radical (unpaired) electrons. The van der Waals surface area contributed by atoms with Gasteiger partial charge in [-0.1, -0.05) is 19.1 Å². The van der Waals surface area contributed by atoms with Crippen LogP contribution in [0.3, 0.4) is 0 Å². The van der Waals surface area contributed by atoms with Crippen molar-refractivity contribution in [1.29, 1.82) is 0 Å². The van der Waals surface area contributed by atoms with E-state index in [2.05, 4.69) is 5.32 Å². The molecule has 1 fully saturated rings. The van der Waals surface area contributed by atoms with Gasteiger partial charge in [-0.15, -0.1) is 12.4 Å². The molecule has 1 heterocycles. The number of para-hydroxylation sites is 2. The molecule has 0 aromatic heterocycles. The van der Waals surface area contributed by atoms with E-state index in [1.54, 1.807) is 12.1 Å². The second-order valence-corrected chi connectivity index (χ2v) is 6.29. The van der Waals surface area contributed by atoms with Crippen LogP contribution < -0.4 is 5.32 Å². The third-order valence-corrected chi connectivity index (χ3v) is 4.56. The van der Waals surface area contributed by atoms with E-state index in [0.29, 0.717) is 19.6 Å². The number of rotatable bonds is 8. The van der Waals surface area contributed by atoms with Gasteiger partial charge < -0.3 is 10.4 Å². The van der Waals surface area contributed by atoms with Gasteiger partial charge in [-0.3, -0.25) is 29.5 Å². The molecule has 0 unspecified atom stereocenters. The highest BCUT2D eigenvalue weighted by molar-refractivity contribution is 5.94. The van der Waals surface area contributed by atoms with Gasteiger partial charge in [-0.05, 0) is 25.5 Å².